The van der Waals surface area contributed by atoms with Gasteiger partial charge in [0.05, 0.1) is 5.69 Å². The van der Waals surface area contributed by atoms with Crippen molar-refractivity contribution in [3.8, 4) is 11.3 Å². The molecule has 76 valence electrons. The number of pyridine rings is 2. The summed E-state index contributed by atoms with van der Waals surface area (Å²) in [6, 6.07) is 6.16. The molecule has 2 heteroatoms. The molecule has 0 unspecified atom stereocenters. The summed E-state index contributed by atoms with van der Waals surface area (Å²) < 4.78 is 0. The summed E-state index contributed by atoms with van der Waals surface area (Å²) in [5.41, 5.74) is 5.67. The minimum Gasteiger partial charge on any atom is -0.262 e. The summed E-state index contributed by atoms with van der Waals surface area (Å²) in [6.45, 7) is 6.17. The SMILES string of the molecule is Cc1cc(-c2cc(C)c(C)cn2)ccn1. The molecule has 0 bridgehead atoms. The highest BCUT2D eigenvalue weighted by atomic mass is 14.7. The molecule has 2 aromatic rings. The lowest BCUT2D eigenvalue weighted by molar-refractivity contribution is 1.18. The van der Waals surface area contributed by atoms with Crippen LogP contribution in [0.5, 0.6) is 0 Å². The molecule has 0 spiro atoms. The molecule has 0 aliphatic heterocycles. The molecule has 0 atom stereocenters. The summed E-state index contributed by atoms with van der Waals surface area (Å²) in [6.07, 6.45) is 3.74. The first-order valence-corrected chi connectivity index (χ1v) is 5.03. The zero-order valence-electron chi connectivity index (χ0n) is 9.28. The van der Waals surface area contributed by atoms with Crippen molar-refractivity contribution in [2.45, 2.75) is 20.8 Å². The van der Waals surface area contributed by atoms with Gasteiger partial charge < -0.3 is 0 Å². The van der Waals surface area contributed by atoms with E-state index in [2.05, 4.69) is 35.9 Å². The topological polar surface area (TPSA) is 25.8 Å². The van der Waals surface area contributed by atoms with E-state index in [1.54, 1.807) is 0 Å². The van der Waals surface area contributed by atoms with Crippen LogP contribution in [-0.2, 0) is 0 Å². The zero-order chi connectivity index (χ0) is 10.8. The molecule has 0 aliphatic rings. The van der Waals surface area contributed by atoms with Gasteiger partial charge in [-0.1, -0.05) is 0 Å². The smallest absolute Gasteiger partial charge is 0.0706 e. The van der Waals surface area contributed by atoms with E-state index in [-0.39, 0.29) is 0 Å². The minimum atomic E-state index is 1.02. The quantitative estimate of drug-likeness (QED) is 0.703. The highest BCUT2D eigenvalue weighted by Crippen LogP contribution is 2.19. The molecule has 2 heterocycles. The molecule has 2 rings (SSSR count). The number of hydrogen-bond acceptors (Lipinski definition) is 2. The first-order chi connectivity index (χ1) is 7.16. The molecular formula is C13H14N2. The minimum absolute atomic E-state index is 1.02. The van der Waals surface area contributed by atoms with Gasteiger partial charge in [0, 0.05) is 23.7 Å². The third kappa shape index (κ3) is 2.04. The van der Waals surface area contributed by atoms with Gasteiger partial charge in [0.2, 0.25) is 0 Å². The van der Waals surface area contributed by atoms with Crippen LogP contribution in [0.3, 0.4) is 0 Å². The molecule has 0 N–H and O–H groups in total. The van der Waals surface area contributed by atoms with E-state index in [0.717, 1.165) is 17.0 Å². The Morgan fingerprint density at radius 3 is 2.40 bits per heavy atom. The predicted molar refractivity (Wildman–Crippen MR) is 61.7 cm³/mol. The lowest BCUT2D eigenvalue weighted by Gasteiger charge is -2.04. The fourth-order valence-corrected chi connectivity index (χ4v) is 1.49. The van der Waals surface area contributed by atoms with Crippen LogP contribution in [0, 0.1) is 20.8 Å². The van der Waals surface area contributed by atoms with Crippen LogP contribution in [0.25, 0.3) is 11.3 Å². The van der Waals surface area contributed by atoms with Crippen molar-refractivity contribution in [2.75, 3.05) is 0 Å². The molecule has 0 saturated carbocycles. The zero-order valence-corrected chi connectivity index (χ0v) is 9.28. The first-order valence-electron chi connectivity index (χ1n) is 5.03. The Balaban J connectivity index is 2.50. The molecule has 0 aromatic carbocycles. The van der Waals surface area contributed by atoms with Crippen molar-refractivity contribution in [2.24, 2.45) is 0 Å². The van der Waals surface area contributed by atoms with Crippen molar-refractivity contribution in [3.63, 3.8) is 0 Å². The van der Waals surface area contributed by atoms with E-state index in [9.17, 15) is 0 Å². The van der Waals surface area contributed by atoms with Gasteiger partial charge in [-0.3, -0.25) is 9.97 Å². The molecular weight excluding hydrogens is 184 g/mol. The largest absolute Gasteiger partial charge is 0.262 e. The van der Waals surface area contributed by atoms with E-state index >= 15 is 0 Å². The summed E-state index contributed by atoms with van der Waals surface area (Å²) in [5.74, 6) is 0. The maximum Gasteiger partial charge on any atom is 0.0706 e. The van der Waals surface area contributed by atoms with Crippen molar-refractivity contribution >= 4 is 0 Å². The lowest BCUT2D eigenvalue weighted by atomic mass is 10.1. The summed E-state index contributed by atoms with van der Waals surface area (Å²) in [7, 11) is 0. The Kier molecular flexibility index (Phi) is 2.50. The maximum atomic E-state index is 4.42. The van der Waals surface area contributed by atoms with Crippen LogP contribution in [0.1, 0.15) is 16.8 Å². The van der Waals surface area contributed by atoms with Gasteiger partial charge in [0.25, 0.3) is 0 Å². The first kappa shape index (κ1) is 9.84. The van der Waals surface area contributed by atoms with Gasteiger partial charge in [0.1, 0.15) is 0 Å². The maximum absolute atomic E-state index is 4.42. The number of aromatic nitrogens is 2. The van der Waals surface area contributed by atoms with Crippen molar-refractivity contribution in [3.05, 3.63) is 47.4 Å². The second kappa shape index (κ2) is 3.81. The molecule has 15 heavy (non-hydrogen) atoms. The number of nitrogens with zero attached hydrogens (tertiary/aromatic N) is 2. The highest BCUT2D eigenvalue weighted by molar-refractivity contribution is 5.60. The molecule has 0 saturated heterocycles. The van der Waals surface area contributed by atoms with Crippen molar-refractivity contribution < 1.29 is 0 Å². The lowest BCUT2D eigenvalue weighted by Crippen LogP contribution is -1.89. The average molecular weight is 198 g/mol. The predicted octanol–water partition coefficient (Wildman–Crippen LogP) is 3.07. The average Bonchev–Trinajstić information content (AvgIpc) is 2.22. The molecule has 0 fully saturated rings. The van der Waals surface area contributed by atoms with Gasteiger partial charge in [-0.25, -0.2) is 0 Å². The van der Waals surface area contributed by atoms with Gasteiger partial charge in [0.15, 0.2) is 0 Å². The third-order valence-electron chi connectivity index (χ3n) is 2.56. The molecule has 0 radical (unpaired) electrons. The molecule has 0 amide bonds. The summed E-state index contributed by atoms with van der Waals surface area (Å²) in [5, 5.41) is 0. The number of hydrogen-bond donors (Lipinski definition) is 0. The van der Waals surface area contributed by atoms with Gasteiger partial charge in [-0.2, -0.15) is 0 Å². The molecule has 0 aliphatic carbocycles. The standard InChI is InChI=1S/C13H14N2/c1-9-6-13(15-8-10(9)2)12-4-5-14-11(3)7-12/h4-8H,1-3H3. The third-order valence-corrected chi connectivity index (χ3v) is 2.56. The van der Waals surface area contributed by atoms with Gasteiger partial charge in [-0.15, -0.1) is 0 Å². The second-order valence-electron chi connectivity index (χ2n) is 3.84. The van der Waals surface area contributed by atoms with E-state index in [0.29, 0.717) is 0 Å². The monoisotopic (exact) mass is 198 g/mol. The Morgan fingerprint density at radius 2 is 1.73 bits per heavy atom. The van der Waals surface area contributed by atoms with Gasteiger partial charge >= 0.3 is 0 Å². The van der Waals surface area contributed by atoms with E-state index in [1.165, 1.54) is 11.1 Å². The summed E-state index contributed by atoms with van der Waals surface area (Å²) >= 11 is 0. The van der Waals surface area contributed by atoms with Crippen LogP contribution in [-0.4, -0.2) is 9.97 Å². The summed E-state index contributed by atoms with van der Waals surface area (Å²) in [4.78, 5) is 8.60. The Bertz CT molecular complexity index is 490. The highest BCUT2D eigenvalue weighted by Gasteiger charge is 2.01. The van der Waals surface area contributed by atoms with Crippen LogP contribution < -0.4 is 0 Å². The van der Waals surface area contributed by atoms with E-state index < -0.39 is 0 Å². The van der Waals surface area contributed by atoms with Crippen molar-refractivity contribution in [1.82, 2.24) is 9.97 Å². The fourth-order valence-electron chi connectivity index (χ4n) is 1.49. The normalized spacial score (nSPS) is 10.3. The van der Waals surface area contributed by atoms with Crippen LogP contribution in [0.2, 0.25) is 0 Å². The Morgan fingerprint density at radius 1 is 0.933 bits per heavy atom. The fraction of sp³-hybridized carbons (Fsp3) is 0.231. The van der Waals surface area contributed by atoms with Crippen molar-refractivity contribution in [1.29, 1.82) is 0 Å². The Hall–Kier alpha value is -1.70. The van der Waals surface area contributed by atoms with E-state index in [1.807, 2.05) is 25.4 Å². The Labute approximate surface area is 90.0 Å². The van der Waals surface area contributed by atoms with Crippen LogP contribution in [0.15, 0.2) is 30.6 Å². The van der Waals surface area contributed by atoms with E-state index in [4.69, 9.17) is 0 Å². The molecule has 2 aromatic heterocycles. The van der Waals surface area contributed by atoms with Crippen LogP contribution >= 0.6 is 0 Å². The number of aryl methyl sites for hydroxylation is 3. The number of rotatable bonds is 1. The van der Waals surface area contributed by atoms with Gasteiger partial charge in [-0.05, 0) is 50.1 Å². The molecule has 2 nitrogen and oxygen atoms in total. The second-order valence-corrected chi connectivity index (χ2v) is 3.84. The van der Waals surface area contributed by atoms with Crippen LogP contribution in [0.4, 0.5) is 0 Å².